The van der Waals surface area contributed by atoms with E-state index >= 15 is 0 Å². The maximum atomic E-state index is 12.5. The van der Waals surface area contributed by atoms with Crippen LogP contribution in [0.15, 0.2) is 39.8 Å². The SMILES string of the molecule is Cn1cc(S(=O)(=O)Oc2ccc3oc4c(c3c2)CCCC4)cc1C(N)=O. The van der Waals surface area contributed by atoms with Gasteiger partial charge in [0.05, 0.1) is 0 Å². The minimum absolute atomic E-state index is 0.0894. The van der Waals surface area contributed by atoms with Crippen LogP contribution in [0, 0.1) is 0 Å². The van der Waals surface area contributed by atoms with Crippen LogP contribution in [0.25, 0.3) is 11.0 Å². The molecule has 2 N–H and O–H groups in total. The molecule has 7 nitrogen and oxygen atoms in total. The fourth-order valence-corrected chi connectivity index (χ4v) is 4.38. The van der Waals surface area contributed by atoms with E-state index in [9.17, 15) is 13.2 Å². The topological polar surface area (TPSA) is 105 Å². The van der Waals surface area contributed by atoms with E-state index in [1.165, 1.54) is 16.8 Å². The van der Waals surface area contributed by atoms with Crippen LogP contribution in [-0.2, 0) is 30.0 Å². The van der Waals surface area contributed by atoms with Gasteiger partial charge in [-0.05, 0) is 43.5 Å². The Hall–Kier alpha value is -2.74. The number of carbonyl (C=O) groups is 1. The van der Waals surface area contributed by atoms with E-state index in [0.717, 1.165) is 48.0 Å². The third-order valence-electron chi connectivity index (χ3n) is 4.65. The van der Waals surface area contributed by atoms with E-state index in [4.69, 9.17) is 14.3 Å². The molecule has 0 saturated heterocycles. The van der Waals surface area contributed by atoms with Gasteiger partial charge in [-0.1, -0.05) is 0 Å². The number of nitrogens with zero attached hydrogens (tertiary/aromatic N) is 1. The first-order chi connectivity index (χ1) is 12.3. The molecule has 26 heavy (non-hydrogen) atoms. The van der Waals surface area contributed by atoms with Crippen molar-refractivity contribution in [3.05, 3.63) is 47.5 Å². The number of aryl methyl sites for hydroxylation is 3. The molecule has 0 aliphatic heterocycles. The Morgan fingerprint density at radius 1 is 1.23 bits per heavy atom. The molecule has 1 aromatic carbocycles. The van der Waals surface area contributed by atoms with Crippen molar-refractivity contribution < 1.29 is 21.8 Å². The molecular weight excluding hydrogens is 356 g/mol. The van der Waals surface area contributed by atoms with Crippen LogP contribution < -0.4 is 9.92 Å². The van der Waals surface area contributed by atoms with Gasteiger partial charge in [0.25, 0.3) is 5.91 Å². The minimum Gasteiger partial charge on any atom is -0.461 e. The summed E-state index contributed by atoms with van der Waals surface area (Å²) in [5.74, 6) is 0.469. The van der Waals surface area contributed by atoms with Crippen molar-refractivity contribution in [3.63, 3.8) is 0 Å². The van der Waals surface area contributed by atoms with Crippen LogP contribution in [-0.4, -0.2) is 18.9 Å². The molecular formula is C18H18N2O5S. The number of furan rings is 1. The van der Waals surface area contributed by atoms with Crippen LogP contribution in [0.5, 0.6) is 5.75 Å². The van der Waals surface area contributed by atoms with Gasteiger partial charge in [0.2, 0.25) is 0 Å². The average molecular weight is 374 g/mol. The van der Waals surface area contributed by atoms with Crippen molar-refractivity contribution >= 4 is 27.0 Å². The number of primary amides is 1. The number of rotatable bonds is 4. The smallest absolute Gasteiger partial charge is 0.340 e. The van der Waals surface area contributed by atoms with Gasteiger partial charge >= 0.3 is 10.1 Å². The third-order valence-corrected chi connectivity index (χ3v) is 5.87. The zero-order valence-electron chi connectivity index (χ0n) is 14.2. The molecule has 0 atom stereocenters. The number of benzene rings is 1. The van der Waals surface area contributed by atoms with Gasteiger partial charge in [-0.3, -0.25) is 4.79 Å². The molecule has 136 valence electrons. The fourth-order valence-electron chi connectivity index (χ4n) is 3.38. The number of fused-ring (bicyclic) bond motifs is 3. The lowest BCUT2D eigenvalue weighted by Gasteiger charge is -2.09. The summed E-state index contributed by atoms with van der Waals surface area (Å²) in [6.07, 6.45) is 5.30. The molecule has 1 aliphatic carbocycles. The van der Waals surface area contributed by atoms with Crippen molar-refractivity contribution in [2.24, 2.45) is 12.8 Å². The van der Waals surface area contributed by atoms with Gasteiger partial charge in [-0.15, -0.1) is 0 Å². The first-order valence-corrected chi connectivity index (χ1v) is 9.71. The van der Waals surface area contributed by atoms with Crippen molar-refractivity contribution in [1.29, 1.82) is 0 Å². The number of amides is 1. The number of carbonyl (C=O) groups excluding carboxylic acids is 1. The Morgan fingerprint density at radius 3 is 2.73 bits per heavy atom. The van der Waals surface area contributed by atoms with E-state index < -0.39 is 16.0 Å². The van der Waals surface area contributed by atoms with Crippen molar-refractivity contribution in [2.75, 3.05) is 0 Å². The molecule has 4 rings (SSSR count). The molecule has 1 amide bonds. The van der Waals surface area contributed by atoms with Crippen LogP contribution in [0.3, 0.4) is 0 Å². The number of hydrogen-bond acceptors (Lipinski definition) is 5. The summed E-state index contributed by atoms with van der Waals surface area (Å²) in [6, 6.07) is 6.18. The van der Waals surface area contributed by atoms with Crippen LogP contribution in [0.1, 0.15) is 34.7 Å². The highest BCUT2D eigenvalue weighted by Crippen LogP contribution is 2.34. The number of aromatic nitrogens is 1. The van der Waals surface area contributed by atoms with Gasteiger partial charge in [0.1, 0.15) is 27.7 Å². The predicted octanol–water partition coefficient (Wildman–Crippen LogP) is 2.52. The number of hydrogen-bond donors (Lipinski definition) is 1. The van der Waals surface area contributed by atoms with E-state index in [1.807, 2.05) is 0 Å². The van der Waals surface area contributed by atoms with Crippen molar-refractivity contribution in [2.45, 2.75) is 30.6 Å². The largest absolute Gasteiger partial charge is 0.461 e. The molecule has 0 saturated carbocycles. The summed E-state index contributed by atoms with van der Waals surface area (Å²) in [5, 5.41) is 0.887. The van der Waals surface area contributed by atoms with Gasteiger partial charge in [0.15, 0.2) is 0 Å². The minimum atomic E-state index is -4.08. The lowest BCUT2D eigenvalue weighted by Crippen LogP contribution is -2.14. The summed E-state index contributed by atoms with van der Waals surface area (Å²) in [7, 11) is -2.54. The molecule has 2 heterocycles. The molecule has 0 spiro atoms. The Labute approximate surface area is 150 Å². The van der Waals surface area contributed by atoms with Crippen molar-refractivity contribution in [3.8, 4) is 5.75 Å². The van der Waals surface area contributed by atoms with E-state index in [2.05, 4.69) is 0 Å². The second-order valence-corrected chi connectivity index (χ2v) is 7.99. The monoisotopic (exact) mass is 374 g/mol. The summed E-state index contributed by atoms with van der Waals surface area (Å²) >= 11 is 0. The van der Waals surface area contributed by atoms with Gasteiger partial charge in [0, 0.05) is 30.6 Å². The maximum absolute atomic E-state index is 12.5. The average Bonchev–Trinajstić information content (AvgIpc) is 3.15. The lowest BCUT2D eigenvalue weighted by molar-refractivity contribution is 0.0992. The Bertz CT molecular complexity index is 1120. The Morgan fingerprint density at radius 2 is 2.00 bits per heavy atom. The lowest BCUT2D eigenvalue weighted by atomic mass is 9.96. The molecule has 1 aliphatic rings. The molecule has 0 fully saturated rings. The maximum Gasteiger partial charge on any atom is 0.340 e. The first-order valence-electron chi connectivity index (χ1n) is 8.30. The van der Waals surface area contributed by atoms with Crippen LogP contribution in [0.4, 0.5) is 0 Å². The van der Waals surface area contributed by atoms with Gasteiger partial charge in [-0.2, -0.15) is 8.42 Å². The van der Waals surface area contributed by atoms with Crippen molar-refractivity contribution in [1.82, 2.24) is 4.57 Å². The zero-order valence-corrected chi connectivity index (χ0v) is 15.0. The van der Waals surface area contributed by atoms with E-state index in [-0.39, 0.29) is 16.3 Å². The molecule has 0 bridgehead atoms. The van der Waals surface area contributed by atoms with Crippen LogP contribution >= 0.6 is 0 Å². The highest BCUT2D eigenvalue weighted by Gasteiger charge is 2.23. The highest BCUT2D eigenvalue weighted by molar-refractivity contribution is 7.87. The Balaban J connectivity index is 1.70. The summed E-state index contributed by atoms with van der Waals surface area (Å²) < 4.78 is 37.6. The van der Waals surface area contributed by atoms with Gasteiger partial charge < -0.3 is 18.9 Å². The molecule has 3 aromatic rings. The zero-order chi connectivity index (χ0) is 18.5. The molecule has 0 radical (unpaired) electrons. The highest BCUT2D eigenvalue weighted by atomic mass is 32.2. The van der Waals surface area contributed by atoms with Gasteiger partial charge in [-0.25, -0.2) is 0 Å². The number of nitrogens with two attached hydrogens (primary N) is 1. The molecule has 2 aromatic heterocycles. The Kier molecular flexibility index (Phi) is 3.80. The third kappa shape index (κ3) is 2.76. The van der Waals surface area contributed by atoms with E-state index in [1.54, 1.807) is 25.2 Å². The second kappa shape index (κ2) is 5.91. The summed E-state index contributed by atoms with van der Waals surface area (Å²) in [6.45, 7) is 0. The van der Waals surface area contributed by atoms with E-state index in [0.29, 0.717) is 0 Å². The van der Waals surface area contributed by atoms with Crippen LogP contribution in [0.2, 0.25) is 0 Å². The fraction of sp³-hybridized carbons (Fsp3) is 0.278. The molecule has 0 unspecified atom stereocenters. The standard InChI is InChI=1S/C18H18N2O5S/c1-20-10-12(9-15(20)18(19)21)26(22,23)25-11-6-7-17-14(8-11)13-4-2-3-5-16(13)24-17/h6-10H,2-5H2,1H3,(H2,19,21). The summed E-state index contributed by atoms with van der Waals surface area (Å²) in [4.78, 5) is 11.2. The quantitative estimate of drug-likeness (QED) is 0.707. The molecule has 8 heteroatoms. The normalized spacial score (nSPS) is 14.3. The second-order valence-electron chi connectivity index (χ2n) is 6.44. The first kappa shape index (κ1) is 16.7. The predicted molar refractivity (Wildman–Crippen MR) is 94.6 cm³/mol. The summed E-state index contributed by atoms with van der Waals surface area (Å²) in [5.41, 5.74) is 7.19.